The molecule has 0 fully saturated rings. The van der Waals surface area contributed by atoms with Crippen LogP contribution < -0.4 is 5.73 Å². The quantitative estimate of drug-likeness (QED) is 0.314. The number of rotatable bonds is 4. The Morgan fingerprint density at radius 1 is 1.93 bits per heavy atom. The van der Waals surface area contributed by atoms with Gasteiger partial charge in [0.15, 0.2) is 0 Å². The van der Waals surface area contributed by atoms with Crippen molar-refractivity contribution in [2.24, 2.45) is 11.7 Å². The third-order valence-corrected chi connectivity index (χ3v) is 1.82. The van der Waals surface area contributed by atoms with Gasteiger partial charge in [-0.15, -0.1) is 0 Å². The largest absolute Gasteiger partial charge is 0.387 e. The minimum absolute atomic E-state index is 0.0446. The minimum atomic E-state index is -0.512. The third kappa shape index (κ3) is 2.28. The summed E-state index contributed by atoms with van der Waals surface area (Å²) < 4.78 is 1.41. The summed E-state index contributed by atoms with van der Waals surface area (Å²) in [6.07, 6.45) is 2.49. The van der Waals surface area contributed by atoms with Gasteiger partial charge in [-0.05, 0) is 0 Å². The van der Waals surface area contributed by atoms with Gasteiger partial charge in [0.1, 0.15) is 12.4 Å². The molecule has 0 spiro atoms. The second-order valence-electron chi connectivity index (χ2n) is 3.03. The molecular weight excluding hydrogens is 186 g/mol. The number of amidine groups is 1. The van der Waals surface area contributed by atoms with Crippen LogP contribution in [0.25, 0.3) is 0 Å². The Balaban J connectivity index is 2.69. The van der Waals surface area contributed by atoms with E-state index in [0.29, 0.717) is 6.54 Å². The highest BCUT2D eigenvalue weighted by molar-refractivity contribution is 5.79. The maximum atomic E-state index is 10.3. The van der Waals surface area contributed by atoms with Crippen molar-refractivity contribution in [2.45, 2.75) is 13.5 Å². The van der Waals surface area contributed by atoms with E-state index in [1.807, 2.05) is 0 Å². The Kier molecular flexibility index (Phi) is 2.80. The van der Waals surface area contributed by atoms with Gasteiger partial charge in [0.05, 0.1) is 17.3 Å². The normalized spacial score (nSPS) is 12.4. The van der Waals surface area contributed by atoms with Crippen LogP contribution in [0.3, 0.4) is 0 Å². The van der Waals surface area contributed by atoms with Crippen LogP contribution in [0.1, 0.15) is 6.92 Å². The van der Waals surface area contributed by atoms with Crippen molar-refractivity contribution >= 4 is 11.5 Å². The number of nitrogens with one attached hydrogen (secondary N) is 1. The van der Waals surface area contributed by atoms with Crippen molar-refractivity contribution < 1.29 is 4.92 Å². The summed E-state index contributed by atoms with van der Waals surface area (Å²) in [6, 6.07) is 0. The summed E-state index contributed by atoms with van der Waals surface area (Å²) in [5.41, 5.74) is 5.20. The highest BCUT2D eigenvalue weighted by Gasteiger charge is 2.11. The van der Waals surface area contributed by atoms with Crippen molar-refractivity contribution in [2.75, 3.05) is 0 Å². The SMILES string of the molecule is CC(Cn1cc([N+](=O)[O-])cn1)C(=N)N. The van der Waals surface area contributed by atoms with Crippen molar-refractivity contribution in [3.8, 4) is 0 Å². The van der Waals surface area contributed by atoms with E-state index < -0.39 is 4.92 Å². The first-order chi connectivity index (χ1) is 6.50. The summed E-state index contributed by atoms with van der Waals surface area (Å²) in [6.45, 7) is 2.14. The molecule has 0 saturated carbocycles. The van der Waals surface area contributed by atoms with E-state index in [1.165, 1.54) is 17.1 Å². The molecule has 0 aliphatic heterocycles. The van der Waals surface area contributed by atoms with Crippen LogP contribution in [0.4, 0.5) is 5.69 Å². The van der Waals surface area contributed by atoms with Crippen LogP contribution >= 0.6 is 0 Å². The lowest BCUT2D eigenvalue weighted by atomic mass is 10.2. The first-order valence-corrected chi connectivity index (χ1v) is 4.01. The molecule has 1 aromatic heterocycles. The molecule has 76 valence electrons. The number of nitro groups is 1. The molecule has 1 rings (SSSR count). The minimum Gasteiger partial charge on any atom is -0.387 e. The Labute approximate surface area is 80.2 Å². The van der Waals surface area contributed by atoms with E-state index in [1.54, 1.807) is 6.92 Å². The molecule has 1 aromatic rings. The lowest BCUT2D eigenvalue weighted by Gasteiger charge is -2.07. The van der Waals surface area contributed by atoms with Gasteiger partial charge in [-0.1, -0.05) is 6.92 Å². The van der Waals surface area contributed by atoms with Crippen molar-refractivity contribution in [1.29, 1.82) is 5.41 Å². The molecule has 0 aromatic carbocycles. The van der Waals surface area contributed by atoms with Gasteiger partial charge < -0.3 is 5.73 Å². The van der Waals surface area contributed by atoms with Crippen LogP contribution in [0.5, 0.6) is 0 Å². The Morgan fingerprint density at radius 3 is 3.00 bits per heavy atom. The Hall–Kier alpha value is -1.92. The first kappa shape index (κ1) is 10.2. The molecule has 0 saturated heterocycles. The highest BCUT2D eigenvalue weighted by atomic mass is 16.6. The molecule has 1 unspecified atom stereocenters. The van der Waals surface area contributed by atoms with Gasteiger partial charge >= 0.3 is 5.69 Å². The van der Waals surface area contributed by atoms with E-state index in [9.17, 15) is 10.1 Å². The van der Waals surface area contributed by atoms with Gasteiger partial charge in [0, 0.05) is 5.92 Å². The fourth-order valence-corrected chi connectivity index (χ4v) is 0.926. The molecule has 0 aliphatic rings. The van der Waals surface area contributed by atoms with Crippen molar-refractivity contribution in [3.63, 3.8) is 0 Å². The molecule has 0 radical (unpaired) electrons. The maximum Gasteiger partial charge on any atom is 0.306 e. The van der Waals surface area contributed by atoms with E-state index in [4.69, 9.17) is 11.1 Å². The number of nitrogens with two attached hydrogens (primary N) is 1. The molecular formula is C7H11N5O2. The zero-order chi connectivity index (χ0) is 10.7. The molecule has 14 heavy (non-hydrogen) atoms. The fraction of sp³-hybridized carbons (Fsp3) is 0.429. The van der Waals surface area contributed by atoms with E-state index in [0.717, 1.165) is 0 Å². The summed E-state index contributed by atoms with van der Waals surface area (Å²) in [5, 5.41) is 21.2. The van der Waals surface area contributed by atoms with Crippen molar-refractivity contribution in [3.05, 3.63) is 22.5 Å². The molecule has 0 amide bonds. The number of hydrogen-bond acceptors (Lipinski definition) is 4. The highest BCUT2D eigenvalue weighted by Crippen LogP contribution is 2.09. The van der Waals surface area contributed by atoms with Gasteiger partial charge in [-0.3, -0.25) is 20.2 Å². The monoisotopic (exact) mass is 197 g/mol. The molecule has 0 aliphatic carbocycles. The Morgan fingerprint density at radius 2 is 2.57 bits per heavy atom. The van der Waals surface area contributed by atoms with Crippen LogP contribution in [0, 0.1) is 21.4 Å². The van der Waals surface area contributed by atoms with Gasteiger partial charge in [0.25, 0.3) is 0 Å². The lowest BCUT2D eigenvalue weighted by molar-refractivity contribution is -0.385. The predicted octanol–water partition coefficient (Wildman–Crippen LogP) is 0.363. The average molecular weight is 197 g/mol. The van der Waals surface area contributed by atoms with Crippen LogP contribution in [0.2, 0.25) is 0 Å². The smallest absolute Gasteiger partial charge is 0.306 e. The topological polar surface area (TPSA) is 111 Å². The first-order valence-electron chi connectivity index (χ1n) is 4.01. The second kappa shape index (κ2) is 3.86. The zero-order valence-corrected chi connectivity index (χ0v) is 7.67. The Bertz CT molecular complexity index is 359. The molecule has 7 heteroatoms. The van der Waals surface area contributed by atoms with Crippen molar-refractivity contribution in [1.82, 2.24) is 9.78 Å². The predicted molar refractivity (Wildman–Crippen MR) is 50.0 cm³/mol. The molecule has 3 N–H and O–H groups in total. The van der Waals surface area contributed by atoms with Crippen LogP contribution in [-0.2, 0) is 6.54 Å². The summed E-state index contributed by atoms with van der Waals surface area (Å²) >= 11 is 0. The lowest BCUT2D eigenvalue weighted by Crippen LogP contribution is -2.24. The second-order valence-corrected chi connectivity index (χ2v) is 3.03. The molecule has 0 bridgehead atoms. The number of nitrogens with zero attached hydrogens (tertiary/aromatic N) is 3. The van der Waals surface area contributed by atoms with Crippen LogP contribution in [0.15, 0.2) is 12.4 Å². The van der Waals surface area contributed by atoms with Gasteiger partial charge in [0.2, 0.25) is 0 Å². The summed E-state index contributed by atoms with van der Waals surface area (Å²) in [4.78, 5) is 9.81. The molecule has 1 heterocycles. The van der Waals surface area contributed by atoms with E-state index in [2.05, 4.69) is 5.10 Å². The summed E-state index contributed by atoms with van der Waals surface area (Å²) in [7, 11) is 0. The number of hydrogen-bond donors (Lipinski definition) is 2. The van der Waals surface area contributed by atoms with Gasteiger partial charge in [-0.25, -0.2) is 0 Å². The van der Waals surface area contributed by atoms with Crippen LogP contribution in [-0.4, -0.2) is 20.5 Å². The zero-order valence-electron chi connectivity index (χ0n) is 7.67. The molecule has 1 atom stereocenters. The fourth-order valence-electron chi connectivity index (χ4n) is 0.926. The maximum absolute atomic E-state index is 10.3. The average Bonchev–Trinajstić information content (AvgIpc) is 2.52. The van der Waals surface area contributed by atoms with E-state index in [-0.39, 0.29) is 17.4 Å². The van der Waals surface area contributed by atoms with Gasteiger partial charge in [-0.2, -0.15) is 5.10 Å². The number of aromatic nitrogens is 2. The summed E-state index contributed by atoms with van der Waals surface area (Å²) in [5.74, 6) is -0.127. The van der Waals surface area contributed by atoms with E-state index >= 15 is 0 Å². The third-order valence-electron chi connectivity index (χ3n) is 1.82. The standard InChI is InChI=1S/C7H11N5O2/c1-5(7(8)9)3-11-4-6(2-10-11)12(13)14/h2,4-5H,3H2,1H3,(H3,8,9). The molecule has 7 nitrogen and oxygen atoms in total.